The molecule has 1 aliphatic carbocycles. The van der Waals surface area contributed by atoms with Crippen molar-refractivity contribution in [1.29, 1.82) is 0 Å². The van der Waals surface area contributed by atoms with E-state index in [4.69, 9.17) is 23.2 Å². The van der Waals surface area contributed by atoms with Gasteiger partial charge in [0.05, 0.1) is 0 Å². The molecule has 1 saturated carbocycles. The lowest BCUT2D eigenvalue weighted by Gasteiger charge is -2.47. The van der Waals surface area contributed by atoms with Crippen LogP contribution < -0.4 is 0 Å². The Morgan fingerprint density at radius 2 is 1.94 bits per heavy atom. The summed E-state index contributed by atoms with van der Waals surface area (Å²) in [6.45, 7) is 3.23. The average Bonchev–Trinajstić information content (AvgIpc) is 2.21. The third kappa shape index (κ3) is 2.04. The van der Waals surface area contributed by atoms with E-state index < -0.39 is 0 Å². The molecule has 2 saturated heterocycles. The van der Waals surface area contributed by atoms with Crippen molar-refractivity contribution in [3.05, 3.63) is 22.2 Å². The fourth-order valence-corrected chi connectivity index (χ4v) is 3.18. The molecule has 0 spiro atoms. The first kappa shape index (κ1) is 10.8. The van der Waals surface area contributed by atoms with E-state index in [2.05, 4.69) is 14.9 Å². The van der Waals surface area contributed by atoms with Gasteiger partial charge in [-0.15, -0.1) is 0 Å². The minimum Gasteiger partial charge on any atom is -0.298 e. The van der Waals surface area contributed by atoms with Gasteiger partial charge in [0.2, 0.25) is 5.28 Å². The van der Waals surface area contributed by atoms with Crippen molar-refractivity contribution in [3.63, 3.8) is 0 Å². The second kappa shape index (κ2) is 4.13. The van der Waals surface area contributed by atoms with Crippen LogP contribution in [0.5, 0.6) is 0 Å². The van der Waals surface area contributed by atoms with Crippen LogP contribution in [-0.2, 0) is 6.54 Å². The molecular weight excluding hydrogens is 245 g/mol. The summed E-state index contributed by atoms with van der Waals surface area (Å²) >= 11 is 11.7. The zero-order valence-corrected chi connectivity index (χ0v) is 10.4. The summed E-state index contributed by atoms with van der Waals surface area (Å²) in [6.07, 6.45) is 4.57. The van der Waals surface area contributed by atoms with Crippen molar-refractivity contribution < 1.29 is 0 Å². The Kier molecular flexibility index (Phi) is 2.78. The van der Waals surface area contributed by atoms with Crippen molar-refractivity contribution in [1.82, 2.24) is 14.9 Å². The van der Waals surface area contributed by atoms with E-state index in [1.54, 1.807) is 6.20 Å². The minimum absolute atomic E-state index is 0.218. The van der Waals surface area contributed by atoms with Gasteiger partial charge in [-0.3, -0.25) is 4.90 Å². The highest BCUT2D eigenvalue weighted by Gasteiger charge is 2.36. The molecule has 0 aromatic carbocycles. The zero-order chi connectivity index (χ0) is 11.1. The minimum atomic E-state index is 0.218. The lowest BCUT2D eigenvalue weighted by atomic mass is 9.71. The Labute approximate surface area is 105 Å². The van der Waals surface area contributed by atoms with Gasteiger partial charge in [0.1, 0.15) is 5.15 Å². The first-order chi connectivity index (χ1) is 7.70. The molecule has 5 heteroatoms. The van der Waals surface area contributed by atoms with Gasteiger partial charge >= 0.3 is 0 Å². The summed E-state index contributed by atoms with van der Waals surface area (Å²) in [4.78, 5) is 10.4. The molecule has 1 aromatic heterocycles. The molecule has 3 nitrogen and oxygen atoms in total. The number of aromatic nitrogens is 2. The second-order valence-electron chi connectivity index (χ2n) is 4.85. The van der Waals surface area contributed by atoms with E-state index in [9.17, 15) is 0 Å². The predicted octanol–water partition coefficient (Wildman–Crippen LogP) is 2.63. The maximum absolute atomic E-state index is 6.03. The summed E-state index contributed by atoms with van der Waals surface area (Å²) in [5, 5.41) is 0.703. The van der Waals surface area contributed by atoms with Gasteiger partial charge in [-0.05, 0) is 36.3 Å². The van der Waals surface area contributed by atoms with Crippen LogP contribution in [0.4, 0.5) is 0 Å². The second-order valence-corrected chi connectivity index (χ2v) is 5.55. The third-order valence-corrected chi connectivity index (χ3v) is 4.05. The van der Waals surface area contributed by atoms with Crippen molar-refractivity contribution in [3.8, 4) is 0 Å². The van der Waals surface area contributed by atoms with Crippen LogP contribution in [-0.4, -0.2) is 28.0 Å². The first-order valence-electron chi connectivity index (χ1n) is 5.60. The number of halogens is 2. The number of piperidine rings is 2. The fraction of sp³-hybridized carbons (Fsp3) is 0.636. The molecular formula is C11H13Cl2N3. The molecule has 1 aromatic rings. The maximum Gasteiger partial charge on any atom is 0.223 e. The van der Waals surface area contributed by atoms with Gasteiger partial charge in [0.15, 0.2) is 0 Å². The standard InChI is InChI=1S/C11H13Cl2N3/c12-10-9(3-14-11(13)15-10)6-16-4-7-1-8(2-7)5-16/h3,7-8H,1-2,4-6H2. The van der Waals surface area contributed by atoms with Gasteiger partial charge in [-0.1, -0.05) is 11.6 Å². The third-order valence-electron chi connectivity index (χ3n) is 3.54. The lowest BCUT2D eigenvalue weighted by molar-refractivity contribution is 0.0227. The quantitative estimate of drug-likeness (QED) is 0.603. The number of hydrogen-bond acceptors (Lipinski definition) is 3. The number of hydrogen-bond donors (Lipinski definition) is 0. The van der Waals surface area contributed by atoms with Crippen molar-refractivity contribution >= 4 is 23.2 Å². The van der Waals surface area contributed by atoms with Crippen molar-refractivity contribution in [2.75, 3.05) is 13.1 Å². The molecule has 3 aliphatic rings. The highest BCUT2D eigenvalue weighted by atomic mass is 35.5. The van der Waals surface area contributed by atoms with Gasteiger partial charge < -0.3 is 0 Å². The normalized spacial score (nSPS) is 28.9. The number of rotatable bonds is 2. The van der Waals surface area contributed by atoms with E-state index in [1.807, 2.05) is 0 Å². The van der Waals surface area contributed by atoms with E-state index >= 15 is 0 Å². The molecule has 0 atom stereocenters. The summed E-state index contributed by atoms with van der Waals surface area (Å²) in [7, 11) is 0. The monoisotopic (exact) mass is 257 g/mol. The van der Waals surface area contributed by atoms with Crippen LogP contribution >= 0.6 is 23.2 Å². The van der Waals surface area contributed by atoms with Gasteiger partial charge in [0.25, 0.3) is 0 Å². The van der Waals surface area contributed by atoms with E-state index in [0.29, 0.717) is 5.15 Å². The highest BCUT2D eigenvalue weighted by molar-refractivity contribution is 6.32. The molecule has 0 radical (unpaired) electrons. The van der Waals surface area contributed by atoms with Gasteiger partial charge in [-0.25, -0.2) is 9.97 Å². The highest BCUT2D eigenvalue weighted by Crippen LogP contribution is 2.39. The molecule has 86 valence electrons. The fourth-order valence-electron chi connectivity index (χ4n) is 2.82. The van der Waals surface area contributed by atoms with Crippen LogP contribution in [0.2, 0.25) is 10.4 Å². The molecule has 16 heavy (non-hydrogen) atoms. The van der Waals surface area contributed by atoms with Gasteiger partial charge in [0, 0.05) is 31.4 Å². The predicted molar refractivity (Wildman–Crippen MR) is 63.5 cm³/mol. The zero-order valence-electron chi connectivity index (χ0n) is 8.87. The van der Waals surface area contributed by atoms with E-state index in [0.717, 1.165) is 23.9 Å². The summed E-state index contributed by atoms with van der Waals surface area (Å²) in [5.41, 5.74) is 0.979. The Bertz CT molecular complexity index is 394. The molecule has 0 unspecified atom stereocenters. The van der Waals surface area contributed by atoms with E-state index in [1.165, 1.54) is 25.9 Å². The smallest absolute Gasteiger partial charge is 0.223 e. The number of nitrogens with zero attached hydrogens (tertiary/aromatic N) is 3. The lowest BCUT2D eigenvalue weighted by Crippen LogP contribution is -2.48. The summed E-state index contributed by atoms with van der Waals surface area (Å²) < 4.78 is 0. The Morgan fingerprint density at radius 3 is 2.56 bits per heavy atom. The molecule has 3 heterocycles. The van der Waals surface area contributed by atoms with Crippen molar-refractivity contribution in [2.45, 2.75) is 19.4 Å². The van der Waals surface area contributed by atoms with Crippen LogP contribution in [0, 0.1) is 11.8 Å². The Hall–Kier alpha value is -0.380. The number of fused-ring (bicyclic) bond motifs is 2. The van der Waals surface area contributed by atoms with E-state index in [-0.39, 0.29) is 5.28 Å². The van der Waals surface area contributed by atoms with Crippen molar-refractivity contribution in [2.24, 2.45) is 11.8 Å². The first-order valence-corrected chi connectivity index (χ1v) is 6.35. The van der Waals surface area contributed by atoms with Crippen LogP contribution in [0.15, 0.2) is 6.20 Å². The molecule has 0 N–H and O–H groups in total. The molecule has 2 bridgehead atoms. The largest absolute Gasteiger partial charge is 0.298 e. The SMILES string of the molecule is Clc1ncc(CN2CC3CC(C3)C2)c(Cl)n1. The summed E-state index contributed by atoms with van der Waals surface area (Å²) in [5.74, 6) is 1.82. The molecule has 0 amide bonds. The Balaban J connectivity index is 1.69. The topological polar surface area (TPSA) is 29.0 Å². The molecule has 2 aliphatic heterocycles. The Morgan fingerprint density at radius 1 is 1.25 bits per heavy atom. The van der Waals surface area contributed by atoms with Crippen LogP contribution in [0.25, 0.3) is 0 Å². The average molecular weight is 258 g/mol. The van der Waals surface area contributed by atoms with Crippen LogP contribution in [0.1, 0.15) is 18.4 Å². The summed E-state index contributed by atoms with van der Waals surface area (Å²) in [6, 6.07) is 0. The molecule has 3 fully saturated rings. The van der Waals surface area contributed by atoms with Gasteiger partial charge in [-0.2, -0.15) is 0 Å². The maximum atomic E-state index is 6.03. The molecule has 4 rings (SSSR count). The van der Waals surface area contributed by atoms with Crippen LogP contribution in [0.3, 0.4) is 0 Å².